The van der Waals surface area contributed by atoms with E-state index in [2.05, 4.69) is 29.2 Å². The van der Waals surface area contributed by atoms with Crippen LogP contribution in [-0.2, 0) is 0 Å². The highest BCUT2D eigenvalue weighted by Crippen LogP contribution is 2.35. The van der Waals surface area contributed by atoms with E-state index in [4.69, 9.17) is 19.4 Å². The topological polar surface area (TPSA) is 62.8 Å². The number of ether oxygens (including phenoxy) is 2. The number of methoxy groups -OCH3 is 2. The average Bonchev–Trinajstić information content (AvgIpc) is 3.23. The van der Waals surface area contributed by atoms with E-state index in [1.165, 1.54) is 25.7 Å². The summed E-state index contributed by atoms with van der Waals surface area (Å²) >= 11 is 0. The lowest BCUT2D eigenvalue weighted by Crippen LogP contribution is -2.21. The molecule has 1 aliphatic rings. The summed E-state index contributed by atoms with van der Waals surface area (Å²) in [6.45, 7) is 4.06. The molecule has 0 spiro atoms. The molecule has 0 aliphatic carbocycles. The fourth-order valence-corrected chi connectivity index (χ4v) is 3.57. The second-order valence-corrected chi connectivity index (χ2v) is 7.58. The monoisotopic (exact) mass is 387 g/mol. The summed E-state index contributed by atoms with van der Waals surface area (Å²) in [5, 5.41) is 4.51. The molecule has 3 rings (SSSR count). The standard InChI is InChI=1S/C21H33N5O2/c1-25(2)11-7-5-6-10-22-20-16-14-18(27-3)19(28-4)15-17(16)23-21(24-20)26-12-8-9-13-26/h14-15H,5-13H2,1-4H3,(H,22,23,24). The summed E-state index contributed by atoms with van der Waals surface area (Å²) in [5.41, 5.74) is 0.879. The first-order chi connectivity index (χ1) is 13.6. The molecule has 2 aromatic rings. The summed E-state index contributed by atoms with van der Waals surface area (Å²) in [5.74, 6) is 3.06. The van der Waals surface area contributed by atoms with Gasteiger partial charge in [-0.25, -0.2) is 4.98 Å². The molecule has 0 unspecified atom stereocenters. The van der Waals surface area contributed by atoms with Crippen LogP contribution in [0.3, 0.4) is 0 Å². The Morgan fingerprint density at radius 1 is 1.00 bits per heavy atom. The Kier molecular flexibility index (Phi) is 7.14. The maximum atomic E-state index is 5.49. The van der Waals surface area contributed by atoms with Gasteiger partial charge in [-0.05, 0) is 52.4 Å². The molecule has 2 heterocycles. The summed E-state index contributed by atoms with van der Waals surface area (Å²) in [6, 6.07) is 3.91. The zero-order chi connectivity index (χ0) is 19.9. The van der Waals surface area contributed by atoms with E-state index in [0.717, 1.165) is 55.3 Å². The number of hydrogen-bond acceptors (Lipinski definition) is 7. The van der Waals surface area contributed by atoms with Crippen LogP contribution in [0.1, 0.15) is 32.1 Å². The number of benzene rings is 1. The van der Waals surface area contributed by atoms with Crippen LogP contribution in [0.4, 0.5) is 11.8 Å². The highest BCUT2D eigenvalue weighted by molar-refractivity contribution is 5.92. The van der Waals surface area contributed by atoms with Crippen LogP contribution in [0, 0.1) is 0 Å². The molecule has 1 aliphatic heterocycles. The molecule has 1 saturated heterocycles. The van der Waals surface area contributed by atoms with Crippen molar-refractivity contribution in [2.24, 2.45) is 0 Å². The zero-order valence-corrected chi connectivity index (χ0v) is 17.6. The third-order valence-corrected chi connectivity index (χ3v) is 5.15. The molecule has 1 N–H and O–H groups in total. The lowest BCUT2D eigenvalue weighted by Gasteiger charge is -2.19. The maximum absolute atomic E-state index is 5.49. The van der Waals surface area contributed by atoms with Crippen molar-refractivity contribution in [2.45, 2.75) is 32.1 Å². The van der Waals surface area contributed by atoms with Crippen molar-refractivity contribution in [1.29, 1.82) is 0 Å². The molecule has 7 nitrogen and oxygen atoms in total. The van der Waals surface area contributed by atoms with Gasteiger partial charge in [0.05, 0.1) is 19.7 Å². The Hall–Kier alpha value is -2.28. The number of fused-ring (bicyclic) bond motifs is 1. The number of anilines is 2. The molecule has 28 heavy (non-hydrogen) atoms. The van der Waals surface area contributed by atoms with Crippen molar-refractivity contribution in [3.63, 3.8) is 0 Å². The SMILES string of the molecule is COc1cc2nc(N3CCCC3)nc(NCCCCCN(C)C)c2cc1OC. The van der Waals surface area contributed by atoms with Gasteiger partial charge >= 0.3 is 0 Å². The quantitative estimate of drug-likeness (QED) is 0.627. The van der Waals surface area contributed by atoms with Gasteiger partial charge in [0.25, 0.3) is 0 Å². The minimum atomic E-state index is 0.690. The largest absolute Gasteiger partial charge is 0.493 e. The van der Waals surface area contributed by atoms with Crippen LogP contribution in [0.5, 0.6) is 11.5 Å². The number of aromatic nitrogens is 2. The Morgan fingerprint density at radius 3 is 2.39 bits per heavy atom. The Morgan fingerprint density at radius 2 is 1.71 bits per heavy atom. The number of hydrogen-bond donors (Lipinski definition) is 1. The number of nitrogens with zero attached hydrogens (tertiary/aromatic N) is 4. The lowest BCUT2D eigenvalue weighted by molar-refractivity contribution is 0.356. The van der Waals surface area contributed by atoms with Crippen LogP contribution in [0.2, 0.25) is 0 Å². The molecular weight excluding hydrogens is 354 g/mol. The minimum Gasteiger partial charge on any atom is -0.493 e. The first-order valence-corrected chi connectivity index (χ1v) is 10.2. The number of rotatable bonds is 10. The molecule has 154 valence electrons. The number of unbranched alkanes of at least 4 members (excludes halogenated alkanes) is 2. The third kappa shape index (κ3) is 4.95. The molecular formula is C21H33N5O2. The van der Waals surface area contributed by atoms with Crippen molar-refractivity contribution >= 4 is 22.7 Å². The van der Waals surface area contributed by atoms with E-state index >= 15 is 0 Å². The molecule has 1 aromatic heterocycles. The minimum absolute atomic E-state index is 0.690. The first kappa shape index (κ1) is 20.5. The van der Waals surface area contributed by atoms with Crippen LogP contribution >= 0.6 is 0 Å². The molecule has 0 amide bonds. The smallest absolute Gasteiger partial charge is 0.227 e. The van der Waals surface area contributed by atoms with Gasteiger partial charge in [0, 0.05) is 31.1 Å². The van der Waals surface area contributed by atoms with Gasteiger partial charge in [0.1, 0.15) is 5.82 Å². The second kappa shape index (κ2) is 9.78. The van der Waals surface area contributed by atoms with Crippen LogP contribution in [-0.4, -0.2) is 69.4 Å². The van der Waals surface area contributed by atoms with E-state index in [1.54, 1.807) is 14.2 Å². The average molecular weight is 388 g/mol. The fourth-order valence-electron chi connectivity index (χ4n) is 3.57. The Balaban J connectivity index is 1.82. The summed E-state index contributed by atoms with van der Waals surface area (Å²) in [7, 11) is 7.54. The van der Waals surface area contributed by atoms with Crippen molar-refractivity contribution in [1.82, 2.24) is 14.9 Å². The van der Waals surface area contributed by atoms with Crippen LogP contribution in [0.25, 0.3) is 10.9 Å². The predicted octanol–water partition coefficient (Wildman–Crippen LogP) is 3.39. The summed E-state index contributed by atoms with van der Waals surface area (Å²) in [6.07, 6.45) is 5.92. The highest BCUT2D eigenvalue weighted by Gasteiger charge is 2.19. The summed E-state index contributed by atoms with van der Waals surface area (Å²) < 4.78 is 11.0. The van der Waals surface area contributed by atoms with Gasteiger partial charge in [0.2, 0.25) is 5.95 Å². The van der Waals surface area contributed by atoms with Gasteiger partial charge in [-0.2, -0.15) is 4.98 Å². The predicted molar refractivity (Wildman–Crippen MR) is 115 cm³/mol. The second-order valence-electron chi connectivity index (χ2n) is 7.58. The molecule has 1 aromatic carbocycles. The molecule has 1 fully saturated rings. The normalized spacial score (nSPS) is 14.1. The van der Waals surface area contributed by atoms with E-state index in [9.17, 15) is 0 Å². The molecule has 0 bridgehead atoms. The van der Waals surface area contributed by atoms with Crippen LogP contribution < -0.4 is 19.7 Å². The Bertz CT molecular complexity index is 775. The van der Waals surface area contributed by atoms with Crippen molar-refractivity contribution in [3.8, 4) is 11.5 Å². The lowest BCUT2D eigenvalue weighted by atomic mass is 10.2. The van der Waals surface area contributed by atoms with Crippen molar-refractivity contribution in [3.05, 3.63) is 12.1 Å². The van der Waals surface area contributed by atoms with Gasteiger partial charge in [-0.1, -0.05) is 6.42 Å². The van der Waals surface area contributed by atoms with Crippen molar-refractivity contribution < 1.29 is 9.47 Å². The van der Waals surface area contributed by atoms with Gasteiger partial charge in [0.15, 0.2) is 11.5 Å². The van der Waals surface area contributed by atoms with Gasteiger partial charge in [-0.3, -0.25) is 0 Å². The molecule has 0 atom stereocenters. The Labute approximate surface area is 168 Å². The molecule has 7 heteroatoms. The van der Waals surface area contributed by atoms with E-state index < -0.39 is 0 Å². The fraction of sp³-hybridized carbons (Fsp3) is 0.619. The molecule has 0 radical (unpaired) electrons. The van der Waals surface area contributed by atoms with Gasteiger partial charge < -0.3 is 24.6 Å². The summed E-state index contributed by atoms with van der Waals surface area (Å²) in [4.78, 5) is 14.2. The van der Waals surface area contributed by atoms with Crippen LogP contribution in [0.15, 0.2) is 12.1 Å². The highest BCUT2D eigenvalue weighted by atomic mass is 16.5. The van der Waals surface area contributed by atoms with E-state index in [1.807, 2.05) is 12.1 Å². The first-order valence-electron chi connectivity index (χ1n) is 10.2. The van der Waals surface area contributed by atoms with E-state index in [0.29, 0.717) is 11.5 Å². The van der Waals surface area contributed by atoms with E-state index in [-0.39, 0.29) is 0 Å². The van der Waals surface area contributed by atoms with Gasteiger partial charge in [-0.15, -0.1) is 0 Å². The molecule has 0 saturated carbocycles. The number of nitrogens with one attached hydrogen (secondary N) is 1. The van der Waals surface area contributed by atoms with Crippen molar-refractivity contribution in [2.75, 3.05) is 64.7 Å². The maximum Gasteiger partial charge on any atom is 0.227 e. The third-order valence-electron chi connectivity index (χ3n) is 5.15. The zero-order valence-electron chi connectivity index (χ0n) is 17.6.